The van der Waals surface area contributed by atoms with Crippen LogP contribution in [0.3, 0.4) is 0 Å². The van der Waals surface area contributed by atoms with E-state index >= 15 is 0 Å². The van der Waals surface area contributed by atoms with Crippen LogP contribution >= 0.6 is 0 Å². The quantitative estimate of drug-likeness (QED) is 0.274. The summed E-state index contributed by atoms with van der Waals surface area (Å²) in [7, 11) is 0. The zero-order valence-corrected chi connectivity index (χ0v) is 16.5. The fourth-order valence-corrected chi connectivity index (χ4v) is 2.99. The summed E-state index contributed by atoms with van der Waals surface area (Å²) in [6, 6.07) is 3.13. The molecule has 1 amide bonds. The first kappa shape index (κ1) is 21.6. The van der Waals surface area contributed by atoms with Crippen LogP contribution in [0.5, 0.6) is 5.75 Å². The number of nitro benzene ring substituents is 1. The second-order valence-electron chi connectivity index (χ2n) is 6.69. The monoisotopic (exact) mass is 394 g/mol. The molecule has 1 aliphatic rings. The van der Waals surface area contributed by atoms with Crippen molar-refractivity contribution in [1.29, 1.82) is 0 Å². The number of non-ortho nitro benzene ring substituents is 1. The molecule has 0 spiro atoms. The van der Waals surface area contributed by atoms with Crippen molar-refractivity contribution in [1.82, 2.24) is 0 Å². The molecule has 0 bridgehead atoms. The summed E-state index contributed by atoms with van der Waals surface area (Å²) >= 11 is 0. The molecular formula is C19H26N2O7. The number of anilines is 1. The third-order valence-corrected chi connectivity index (χ3v) is 4.40. The maximum absolute atomic E-state index is 13.1. The number of fused-ring (bicyclic) bond motifs is 1. The third-order valence-electron chi connectivity index (χ3n) is 4.40. The topological polar surface area (TPSA) is 108 Å². The van der Waals surface area contributed by atoms with E-state index in [1.165, 1.54) is 23.1 Å². The largest absolute Gasteiger partial charge is 0.478 e. The summed E-state index contributed by atoms with van der Waals surface area (Å²) < 4.78 is 16.2. The van der Waals surface area contributed by atoms with Crippen LogP contribution in [0.1, 0.15) is 34.1 Å². The minimum atomic E-state index is -0.862. The lowest BCUT2D eigenvalue weighted by molar-refractivity contribution is -0.384. The van der Waals surface area contributed by atoms with Gasteiger partial charge in [-0.25, -0.2) is 4.79 Å². The van der Waals surface area contributed by atoms with Crippen molar-refractivity contribution >= 4 is 23.3 Å². The summed E-state index contributed by atoms with van der Waals surface area (Å²) in [4.78, 5) is 37.6. The Bertz CT molecular complexity index is 735. The van der Waals surface area contributed by atoms with Gasteiger partial charge < -0.3 is 14.2 Å². The standard InChI is InChI=1S/C19H26N2O7/c1-5-14(19(23)27-10-9-26-6-2)20-15-8-7-13(21(24)25)11-16(15)28-17(12(3)4)18(20)22/h7-8,11-12,14,17H,5-6,9-10H2,1-4H3. The van der Waals surface area contributed by atoms with E-state index in [2.05, 4.69) is 0 Å². The first-order valence-corrected chi connectivity index (χ1v) is 9.34. The molecule has 1 aliphatic heterocycles. The lowest BCUT2D eigenvalue weighted by Gasteiger charge is -2.39. The lowest BCUT2D eigenvalue weighted by atomic mass is 10.0. The number of benzene rings is 1. The molecule has 0 radical (unpaired) electrons. The van der Waals surface area contributed by atoms with Crippen LogP contribution in [0.15, 0.2) is 18.2 Å². The number of nitro groups is 1. The van der Waals surface area contributed by atoms with Crippen LogP contribution in [-0.2, 0) is 19.1 Å². The second kappa shape index (κ2) is 9.50. The van der Waals surface area contributed by atoms with Crippen molar-refractivity contribution in [2.24, 2.45) is 5.92 Å². The molecule has 9 nitrogen and oxygen atoms in total. The third kappa shape index (κ3) is 4.59. The van der Waals surface area contributed by atoms with Crippen LogP contribution in [0, 0.1) is 16.0 Å². The van der Waals surface area contributed by atoms with E-state index in [9.17, 15) is 19.7 Å². The van der Waals surface area contributed by atoms with Gasteiger partial charge in [0.05, 0.1) is 23.3 Å². The van der Waals surface area contributed by atoms with Crippen molar-refractivity contribution in [2.45, 2.75) is 46.3 Å². The first-order valence-electron chi connectivity index (χ1n) is 9.34. The van der Waals surface area contributed by atoms with E-state index in [1.54, 1.807) is 6.92 Å². The van der Waals surface area contributed by atoms with Crippen LogP contribution in [-0.4, -0.2) is 48.8 Å². The van der Waals surface area contributed by atoms with Gasteiger partial charge in [-0.3, -0.25) is 19.8 Å². The second-order valence-corrected chi connectivity index (χ2v) is 6.69. The van der Waals surface area contributed by atoms with Crippen LogP contribution < -0.4 is 9.64 Å². The minimum Gasteiger partial charge on any atom is -0.478 e. The van der Waals surface area contributed by atoms with Crippen molar-refractivity contribution in [3.05, 3.63) is 28.3 Å². The van der Waals surface area contributed by atoms with Crippen molar-refractivity contribution in [3.8, 4) is 5.75 Å². The maximum atomic E-state index is 13.1. The van der Waals surface area contributed by atoms with Crippen LogP contribution in [0.25, 0.3) is 0 Å². The number of hydrogen-bond acceptors (Lipinski definition) is 7. The fraction of sp³-hybridized carbons (Fsp3) is 0.579. The Balaban J connectivity index is 2.37. The predicted octanol–water partition coefficient (Wildman–Crippen LogP) is 2.70. The zero-order chi connectivity index (χ0) is 20.8. The molecule has 2 atom stereocenters. The van der Waals surface area contributed by atoms with Crippen molar-refractivity contribution in [2.75, 3.05) is 24.7 Å². The predicted molar refractivity (Wildman–Crippen MR) is 101 cm³/mol. The highest BCUT2D eigenvalue weighted by Crippen LogP contribution is 2.39. The summed E-state index contributed by atoms with van der Waals surface area (Å²) in [6.07, 6.45) is -0.528. The van der Waals surface area contributed by atoms with Gasteiger partial charge in [-0.2, -0.15) is 0 Å². The lowest BCUT2D eigenvalue weighted by Crippen LogP contribution is -2.55. The molecule has 28 heavy (non-hydrogen) atoms. The zero-order valence-electron chi connectivity index (χ0n) is 16.5. The fourth-order valence-electron chi connectivity index (χ4n) is 2.99. The number of carbonyl (C=O) groups is 2. The van der Waals surface area contributed by atoms with E-state index in [1.807, 2.05) is 20.8 Å². The normalized spacial score (nSPS) is 17.1. The van der Waals surface area contributed by atoms with Crippen molar-refractivity contribution < 1.29 is 28.7 Å². The number of esters is 1. The summed E-state index contributed by atoms with van der Waals surface area (Å²) in [6.45, 7) is 8.10. The molecule has 9 heteroatoms. The molecule has 0 aromatic heterocycles. The van der Waals surface area contributed by atoms with Crippen LogP contribution in [0.4, 0.5) is 11.4 Å². The van der Waals surface area contributed by atoms with Gasteiger partial charge in [0, 0.05) is 12.7 Å². The molecule has 1 heterocycles. The number of amides is 1. The van der Waals surface area contributed by atoms with Gasteiger partial charge >= 0.3 is 5.97 Å². The Morgan fingerprint density at radius 3 is 2.61 bits per heavy atom. The molecule has 2 unspecified atom stereocenters. The minimum absolute atomic E-state index is 0.0857. The van der Waals surface area contributed by atoms with E-state index < -0.39 is 23.0 Å². The van der Waals surface area contributed by atoms with Crippen LogP contribution in [0.2, 0.25) is 0 Å². The smallest absolute Gasteiger partial charge is 0.329 e. The van der Waals surface area contributed by atoms with Gasteiger partial charge in [0.2, 0.25) is 0 Å². The highest BCUT2D eigenvalue weighted by molar-refractivity contribution is 6.04. The molecule has 1 aromatic rings. The molecule has 0 fully saturated rings. The Hall–Kier alpha value is -2.68. The summed E-state index contributed by atoms with van der Waals surface area (Å²) in [5.74, 6) is -0.906. The van der Waals surface area contributed by atoms with Crippen molar-refractivity contribution in [3.63, 3.8) is 0 Å². The maximum Gasteiger partial charge on any atom is 0.329 e. The van der Waals surface area contributed by atoms with Gasteiger partial charge in [0.15, 0.2) is 11.9 Å². The van der Waals surface area contributed by atoms with E-state index in [4.69, 9.17) is 14.2 Å². The number of hydrogen-bond donors (Lipinski definition) is 0. The molecule has 154 valence electrons. The molecular weight excluding hydrogens is 368 g/mol. The van der Waals surface area contributed by atoms with E-state index in [0.29, 0.717) is 18.7 Å². The SMILES string of the molecule is CCOCCOC(=O)C(CC)N1C(=O)C(C(C)C)Oc2cc([N+](=O)[O-])ccc21. The average Bonchev–Trinajstić information content (AvgIpc) is 2.66. The number of ether oxygens (including phenoxy) is 3. The highest BCUT2D eigenvalue weighted by Gasteiger charge is 2.42. The van der Waals surface area contributed by atoms with Gasteiger partial charge in [-0.1, -0.05) is 20.8 Å². The van der Waals surface area contributed by atoms with Gasteiger partial charge in [-0.15, -0.1) is 0 Å². The highest BCUT2D eigenvalue weighted by atomic mass is 16.6. The Kier molecular flexibility index (Phi) is 7.33. The van der Waals surface area contributed by atoms with E-state index in [-0.39, 0.29) is 36.5 Å². The Morgan fingerprint density at radius 2 is 2.04 bits per heavy atom. The average molecular weight is 394 g/mol. The Labute approximate surface area is 163 Å². The van der Waals surface area contributed by atoms with E-state index in [0.717, 1.165) is 0 Å². The first-order chi connectivity index (χ1) is 13.3. The number of rotatable bonds is 9. The molecule has 2 rings (SSSR count). The van der Waals surface area contributed by atoms with Gasteiger partial charge in [-0.05, 0) is 25.3 Å². The molecule has 0 aliphatic carbocycles. The van der Waals surface area contributed by atoms with Gasteiger partial charge in [0.25, 0.3) is 11.6 Å². The molecule has 0 N–H and O–H groups in total. The molecule has 0 saturated carbocycles. The number of nitrogens with zero attached hydrogens (tertiary/aromatic N) is 2. The van der Waals surface area contributed by atoms with Gasteiger partial charge in [0.1, 0.15) is 12.6 Å². The summed E-state index contributed by atoms with van der Waals surface area (Å²) in [5, 5.41) is 11.1. The Morgan fingerprint density at radius 1 is 1.32 bits per heavy atom. The molecule has 1 aromatic carbocycles. The summed E-state index contributed by atoms with van der Waals surface area (Å²) in [5.41, 5.74) is 0.170. The number of carbonyl (C=O) groups excluding carboxylic acids is 2. The molecule has 0 saturated heterocycles.